The van der Waals surface area contributed by atoms with Crippen LogP contribution >= 0.6 is 0 Å². The van der Waals surface area contributed by atoms with Crippen molar-refractivity contribution in [1.29, 1.82) is 0 Å². The molecule has 0 aliphatic carbocycles. The molecule has 2 rings (SSSR count). The molecular formula is C18H25NO5. The second kappa shape index (κ2) is 8.04. The molecular weight excluding hydrogens is 310 g/mol. The van der Waals surface area contributed by atoms with Crippen LogP contribution in [0.5, 0.6) is 11.5 Å². The number of hydrogen-bond acceptors (Lipinski definition) is 5. The van der Waals surface area contributed by atoms with E-state index in [0.717, 1.165) is 19.3 Å². The van der Waals surface area contributed by atoms with Gasteiger partial charge in [-0.05, 0) is 45.2 Å². The number of carbonyl (C=O) groups excluding carboxylic acids is 2. The summed E-state index contributed by atoms with van der Waals surface area (Å²) in [5, 5.41) is 0. The fourth-order valence-corrected chi connectivity index (χ4v) is 3.24. The molecule has 0 radical (unpaired) electrons. The summed E-state index contributed by atoms with van der Waals surface area (Å²) < 4.78 is 15.6. The summed E-state index contributed by atoms with van der Waals surface area (Å²) in [5.74, 6) is -0.0185. The van der Waals surface area contributed by atoms with E-state index in [0.29, 0.717) is 11.5 Å². The molecule has 1 heterocycles. The van der Waals surface area contributed by atoms with Crippen molar-refractivity contribution in [3.63, 3.8) is 0 Å². The number of esters is 1. The van der Waals surface area contributed by atoms with Crippen molar-refractivity contribution in [2.75, 3.05) is 20.8 Å². The SMILES string of the molecule is COc1cccc(C(=O)OCC(=O)N2[C@@H](C)CCC[C@@H]2C)c1OC. The lowest BCUT2D eigenvalue weighted by Crippen LogP contribution is -2.49. The summed E-state index contributed by atoms with van der Waals surface area (Å²) in [4.78, 5) is 26.6. The van der Waals surface area contributed by atoms with Gasteiger partial charge in [-0.1, -0.05) is 6.07 Å². The van der Waals surface area contributed by atoms with Crippen molar-refractivity contribution < 1.29 is 23.8 Å². The van der Waals surface area contributed by atoms with E-state index in [2.05, 4.69) is 0 Å². The Kier molecular flexibility index (Phi) is 6.06. The highest BCUT2D eigenvalue weighted by Crippen LogP contribution is 2.31. The first-order valence-corrected chi connectivity index (χ1v) is 8.18. The van der Waals surface area contributed by atoms with E-state index in [4.69, 9.17) is 14.2 Å². The van der Waals surface area contributed by atoms with Crippen LogP contribution in [0.1, 0.15) is 43.5 Å². The summed E-state index contributed by atoms with van der Waals surface area (Å²) in [7, 11) is 2.95. The highest BCUT2D eigenvalue weighted by Gasteiger charge is 2.29. The average Bonchev–Trinajstić information content (AvgIpc) is 2.58. The molecule has 2 atom stereocenters. The zero-order valence-corrected chi connectivity index (χ0v) is 14.7. The summed E-state index contributed by atoms with van der Waals surface area (Å²) in [6.07, 6.45) is 3.08. The fourth-order valence-electron chi connectivity index (χ4n) is 3.24. The predicted octanol–water partition coefficient (Wildman–Crippen LogP) is 2.65. The molecule has 0 aromatic heterocycles. The first-order chi connectivity index (χ1) is 11.5. The van der Waals surface area contributed by atoms with Crippen molar-refractivity contribution in [3.05, 3.63) is 23.8 Å². The van der Waals surface area contributed by atoms with E-state index < -0.39 is 5.97 Å². The molecule has 1 aromatic carbocycles. The quantitative estimate of drug-likeness (QED) is 0.774. The van der Waals surface area contributed by atoms with Crippen LogP contribution in [-0.2, 0) is 9.53 Å². The van der Waals surface area contributed by atoms with E-state index >= 15 is 0 Å². The first-order valence-electron chi connectivity index (χ1n) is 8.18. The number of nitrogens with zero attached hydrogens (tertiary/aromatic N) is 1. The van der Waals surface area contributed by atoms with Crippen molar-refractivity contribution in [2.24, 2.45) is 0 Å². The molecule has 0 unspecified atom stereocenters. The number of amides is 1. The predicted molar refractivity (Wildman–Crippen MR) is 89.4 cm³/mol. The first kappa shape index (κ1) is 18.1. The van der Waals surface area contributed by atoms with Crippen LogP contribution < -0.4 is 9.47 Å². The van der Waals surface area contributed by atoms with Crippen molar-refractivity contribution in [1.82, 2.24) is 4.90 Å². The van der Waals surface area contributed by atoms with Gasteiger partial charge in [0.2, 0.25) is 0 Å². The summed E-state index contributed by atoms with van der Waals surface area (Å²) in [5.41, 5.74) is 0.240. The minimum absolute atomic E-state index is 0.162. The summed E-state index contributed by atoms with van der Waals surface area (Å²) in [6, 6.07) is 5.30. The molecule has 1 aromatic rings. The minimum Gasteiger partial charge on any atom is -0.493 e. The number of para-hydroxylation sites is 1. The molecule has 6 nitrogen and oxygen atoms in total. The molecule has 0 spiro atoms. The third kappa shape index (κ3) is 3.80. The Hall–Kier alpha value is -2.24. The van der Waals surface area contributed by atoms with Gasteiger partial charge in [-0.25, -0.2) is 4.79 Å². The van der Waals surface area contributed by atoms with Crippen LogP contribution in [-0.4, -0.2) is 49.7 Å². The van der Waals surface area contributed by atoms with Gasteiger partial charge in [-0.2, -0.15) is 0 Å². The van der Waals surface area contributed by atoms with Gasteiger partial charge in [0.25, 0.3) is 5.91 Å². The van der Waals surface area contributed by atoms with Crippen LogP contribution in [0.2, 0.25) is 0 Å². The molecule has 1 fully saturated rings. The standard InChI is InChI=1S/C18H25NO5/c1-12-7-5-8-13(2)19(12)16(20)11-24-18(21)14-9-6-10-15(22-3)17(14)23-4/h6,9-10,12-13H,5,7-8,11H2,1-4H3/t12-,13-/m0/s1. The zero-order chi connectivity index (χ0) is 17.7. The fraction of sp³-hybridized carbons (Fsp3) is 0.556. The third-order valence-electron chi connectivity index (χ3n) is 4.43. The monoisotopic (exact) mass is 335 g/mol. The van der Waals surface area contributed by atoms with Gasteiger partial charge in [0, 0.05) is 12.1 Å². The molecule has 132 valence electrons. The van der Waals surface area contributed by atoms with Gasteiger partial charge in [0.05, 0.1) is 14.2 Å². The van der Waals surface area contributed by atoms with Crippen LogP contribution in [0.25, 0.3) is 0 Å². The smallest absolute Gasteiger partial charge is 0.342 e. The van der Waals surface area contributed by atoms with Crippen LogP contribution in [0.4, 0.5) is 0 Å². The second-order valence-corrected chi connectivity index (χ2v) is 6.05. The van der Waals surface area contributed by atoms with Gasteiger partial charge in [-0.3, -0.25) is 4.79 Å². The number of ether oxygens (including phenoxy) is 3. The number of likely N-dealkylation sites (tertiary alicyclic amines) is 1. The maximum Gasteiger partial charge on any atom is 0.342 e. The Morgan fingerprint density at radius 2 is 1.79 bits per heavy atom. The van der Waals surface area contributed by atoms with Gasteiger partial charge in [-0.15, -0.1) is 0 Å². The van der Waals surface area contributed by atoms with E-state index in [1.165, 1.54) is 14.2 Å². The van der Waals surface area contributed by atoms with E-state index in [-0.39, 0.29) is 30.2 Å². The lowest BCUT2D eigenvalue weighted by atomic mass is 9.97. The number of benzene rings is 1. The summed E-state index contributed by atoms with van der Waals surface area (Å²) in [6.45, 7) is 3.79. The Morgan fingerprint density at radius 3 is 2.38 bits per heavy atom. The largest absolute Gasteiger partial charge is 0.493 e. The Labute approximate surface area is 142 Å². The molecule has 24 heavy (non-hydrogen) atoms. The lowest BCUT2D eigenvalue weighted by molar-refractivity contribution is -0.140. The van der Waals surface area contributed by atoms with Crippen molar-refractivity contribution in [2.45, 2.75) is 45.2 Å². The highest BCUT2D eigenvalue weighted by molar-refractivity contribution is 5.95. The molecule has 0 N–H and O–H groups in total. The van der Waals surface area contributed by atoms with E-state index in [1.54, 1.807) is 18.2 Å². The minimum atomic E-state index is -0.601. The molecule has 1 saturated heterocycles. The highest BCUT2D eigenvalue weighted by atomic mass is 16.5. The number of carbonyl (C=O) groups is 2. The normalized spacial score (nSPS) is 20.4. The molecule has 0 bridgehead atoms. The van der Waals surface area contributed by atoms with Gasteiger partial charge < -0.3 is 19.1 Å². The number of piperidine rings is 1. The summed E-state index contributed by atoms with van der Waals surface area (Å²) >= 11 is 0. The second-order valence-electron chi connectivity index (χ2n) is 6.05. The maximum absolute atomic E-state index is 12.4. The van der Waals surface area contributed by atoms with Gasteiger partial charge in [0.15, 0.2) is 18.1 Å². The van der Waals surface area contributed by atoms with Crippen LogP contribution in [0.15, 0.2) is 18.2 Å². The van der Waals surface area contributed by atoms with Crippen LogP contribution in [0, 0.1) is 0 Å². The molecule has 1 amide bonds. The topological polar surface area (TPSA) is 65.1 Å². The van der Waals surface area contributed by atoms with E-state index in [1.807, 2.05) is 18.7 Å². The third-order valence-corrected chi connectivity index (χ3v) is 4.43. The van der Waals surface area contributed by atoms with E-state index in [9.17, 15) is 9.59 Å². The van der Waals surface area contributed by atoms with Crippen molar-refractivity contribution in [3.8, 4) is 11.5 Å². The molecule has 1 aliphatic heterocycles. The number of methoxy groups -OCH3 is 2. The Morgan fingerprint density at radius 1 is 1.12 bits per heavy atom. The van der Waals surface area contributed by atoms with Gasteiger partial charge in [0.1, 0.15) is 5.56 Å². The number of rotatable bonds is 5. The Bertz CT molecular complexity index is 591. The van der Waals surface area contributed by atoms with Crippen LogP contribution in [0.3, 0.4) is 0 Å². The number of hydrogen-bond donors (Lipinski definition) is 0. The molecule has 1 aliphatic rings. The maximum atomic E-state index is 12.4. The van der Waals surface area contributed by atoms with Crippen molar-refractivity contribution >= 4 is 11.9 Å². The van der Waals surface area contributed by atoms with Gasteiger partial charge >= 0.3 is 5.97 Å². The molecule has 0 saturated carbocycles. The zero-order valence-electron chi connectivity index (χ0n) is 14.7. The Balaban J connectivity index is 2.04. The average molecular weight is 335 g/mol. The molecule has 6 heteroatoms. The lowest BCUT2D eigenvalue weighted by Gasteiger charge is -2.38.